The summed E-state index contributed by atoms with van der Waals surface area (Å²) in [5.41, 5.74) is 7.60. The Bertz CT molecular complexity index is 3070. The fraction of sp³-hybridized carbons (Fsp3) is 0. The van der Waals surface area contributed by atoms with Gasteiger partial charge in [-0.2, -0.15) is 0 Å². The number of aromatic nitrogens is 8. The fourth-order valence-corrected chi connectivity index (χ4v) is 7.18. The number of H-pyrrole nitrogens is 2. The number of carbonyl (C=O) groups is 2. The quantitative estimate of drug-likeness (QED) is 0.132. The lowest BCUT2D eigenvalue weighted by atomic mass is 9.97. The SMILES string of the molecule is O=C1OC(=O)c2cc(-c3cccc4c5nc6nc(nc7[nH]c(nc8nc(nc([nH]5)c34)-c3ccccc3-8)c3ccccc73)-c3ccccc3-6)ccc21. The molecule has 0 saturated carbocycles. The van der Waals surface area contributed by atoms with Crippen LogP contribution in [0.25, 0.3) is 101 Å². The minimum Gasteiger partial charge on any atom is -0.386 e. The van der Waals surface area contributed by atoms with Crippen molar-refractivity contribution in [3.63, 3.8) is 0 Å². The number of nitrogens with zero attached hydrogens (tertiary/aromatic N) is 6. The summed E-state index contributed by atoms with van der Waals surface area (Å²) >= 11 is 0. The van der Waals surface area contributed by atoms with Crippen molar-refractivity contribution in [2.24, 2.45) is 0 Å². The molecule has 0 spiro atoms. The van der Waals surface area contributed by atoms with Crippen molar-refractivity contribution in [1.29, 1.82) is 0 Å². The molecule has 11 rings (SSSR count). The van der Waals surface area contributed by atoms with E-state index in [1.807, 2.05) is 91.0 Å². The molecule has 0 aliphatic carbocycles. The van der Waals surface area contributed by atoms with Crippen LogP contribution in [0.5, 0.6) is 0 Å². The van der Waals surface area contributed by atoms with Gasteiger partial charge in [-0.05, 0) is 23.3 Å². The lowest BCUT2D eigenvalue weighted by Gasteiger charge is -2.05. The molecule has 3 aromatic heterocycles. The van der Waals surface area contributed by atoms with E-state index in [0.717, 1.165) is 49.4 Å². The van der Waals surface area contributed by atoms with Crippen LogP contribution in [-0.2, 0) is 4.74 Å². The number of ether oxygens (including phenoxy) is 1. The first kappa shape index (κ1) is 27.5. The summed E-state index contributed by atoms with van der Waals surface area (Å²) in [6, 6.07) is 34.6. The van der Waals surface area contributed by atoms with E-state index in [9.17, 15) is 9.59 Å². The molecule has 2 N–H and O–H groups in total. The number of nitrogens with one attached hydrogen (secondary N) is 2. The number of fused-ring (bicyclic) bond motifs is 21. The Balaban J connectivity index is 1.30. The first-order chi connectivity index (χ1) is 25.1. The first-order valence-corrected chi connectivity index (χ1v) is 16.2. The van der Waals surface area contributed by atoms with E-state index in [4.69, 9.17) is 34.6 Å². The summed E-state index contributed by atoms with van der Waals surface area (Å²) in [6.07, 6.45) is 0. The van der Waals surface area contributed by atoms with E-state index in [1.165, 1.54) is 0 Å². The van der Waals surface area contributed by atoms with E-state index >= 15 is 0 Å². The topological polar surface area (TPSA) is 152 Å². The van der Waals surface area contributed by atoms with Crippen LogP contribution < -0.4 is 0 Å². The second-order valence-electron chi connectivity index (χ2n) is 12.4. The molecule has 238 valence electrons. The summed E-state index contributed by atoms with van der Waals surface area (Å²) in [7, 11) is 0. The molecule has 8 bridgehead atoms. The van der Waals surface area contributed by atoms with Crippen LogP contribution in [0.2, 0.25) is 0 Å². The molecule has 0 amide bonds. The fourth-order valence-electron chi connectivity index (χ4n) is 7.18. The number of hydrogen-bond donors (Lipinski definition) is 2. The molecule has 0 unspecified atom stereocenters. The van der Waals surface area contributed by atoms with E-state index in [0.29, 0.717) is 51.4 Å². The van der Waals surface area contributed by atoms with Crippen molar-refractivity contribution < 1.29 is 14.3 Å². The summed E-state index contributed by atoms with van der Waals surface area (Å²) in [5.74, 6) is 0.685. The molecule has 0 saturated heterocycles. The minimum atomic E-state index is -0.669. The third-order valence-electron chi connectivity index (χ3n) is 9.54. The van der Waals surface area contributed by atoms with Crippen LogP contribution in [0.15, 0.2) is 109 Å². The third-order valence-corrected chi connectivity index (χ3v) is 9.54. The first-order valence-electron chi connectivity index (χ1n) is 16.2. The van der Waals surface area contributed by atoms with Gasteiger partial charge in [0.15, 0.2) is 23.3 Å². The zero-order valence-electron chi connectivity index (χ0n) is 26.3. The van der Waals surface area contributed by atoms with Crippen molar-refractivity contribution in [2.45, 2.75) is 0 Å². The normalized spacial score (nSPS) is 12.9. The molecule has 11 nitrogen and oxygen atoms in total. The highest BCUT2D eigenvalue weighted by Gasteiger charge is 2.30. The highest BCUT2D eigenvalue weighted by Crippen LogP contribution is 2.39. The summed E-state index contributed by atoms with van der Waals surface area (Å²) in [4.78, 5) is 62.0. The van der Waals surface area contributed by atoms with Crippen LogP contribution in [-0.4, -0.2) is 51.8 Å². The van der Waals surface area contributed by atoms with Crippen molar-refractivity contribution in [3.05, 3.63) is 120 Å². The van der Waals surface area contributed by atoms with Gasteiger partial charge < -0.3 is 14.7 Å². The number of cyclic esters (lactones) is 2. The molecule has 6 heterocycles. The predicted octanol–water partition coefficient (Wildman–Crippen LogP) is 7.85. The monoisotopic (exact) mass is 660 g/mol. The van der Waals surface area contributed by atoms with Gasteiger partial charge in [0.25, 0.3) is 0 Å². The van der Waals surface area contributed by atoms with Gasteiger partial charge in [0.2, 0.25) is 0 Å². The van der Waals surface area contributed by atoms with E-state index in [-0.39, 0.29) is 11.1 Å². The van der Waals surface area contributed by atoms with E-state index in [1.54, 1.807) is 18.2 Å². The van der Waals surface area contributed by atoms with Gasteiger partial charge in [-0.25, -0.2) is 39.5 Å². The smallest absolute Gasteiger partial charge is 0.346 e. The van der Waals surface area contributed by atoms with Crippen molar-refractivity contribution in [1.82, 2.24) is 39.9 Å². The Morgan fingerprint density at radius 2 is 0.843 bits per heavy atom. The molecule has 0 radical (unpaired) electrons. The largest absolute Gasteiger partial charge is 0.386 e. The maximum atomic E-state index is 12.6. The standard InChI is InChI=1S/C40H20N8O3/c49-39-27-17-16-19(18-29(27)40(50)51-39)20-14-7-15-28-30(20)38-47-36-26-13-6-5-12-25(26)34(45-36)43-32-22-9-2-1-8-21(22)31(41-32)42-33-23-10-3-4-11-24(23)35(44-33)46-37(28)48-38/h1-18H,(H2,41,42,43,44,45,46,47,48). The van der Waals surface area contributed by atoms with Crippen LogP contribution in [0, 0.1) is 0 Å². The van der Waals surface area contributed by atoms with Crippen LogP contribution in [0.4, 0.5) is 0 Å². The van der Waals surface area contributed by atoms with Gasteiger partial charge in [0.1, 0.15) is 22.6 Å². The Labute approximate surface area is 286 Å². The summed E-state index contributed by atoms with van der Waals surface area (Å²) in [5, 5.41) is 3.34. The lowest BCUT2D eigenvalue weighted by Crippen LogP contribution is -1.96. The van der Waals surface area contributed by atoms with Gasteiger partial charge in [-0.1, -0.05) is 97.1 Å². The van der Waals surface area contributed by atoms with Crippen molar-refractivity contribution in [3.8, 4) is 56.7 Å². The van der Waals surface area contributed by atoms with Crippen molar-refractivity contribution >= 4 is 56.1 Å². The Morgan fingerprint density at radius 1 is 0.392 bits per heavy atom. The molecule has 51 heavy (non-hydrogen) atoms. The summed E-state index contributed by atoms with van der Waals surface area (Å²) in [6.45, 7) is 0. The predicted molar refractivity (Wildman–Crippen MR) is 191 cm³/mol. The second kappa shape index (κ2) is 10.1. The Morgan fingerprint density at radius 3 is 1.43 bits per heavy atom. The van der Waals surface area contributed by atoms with Crippen LogP contribution in [0.3, 0.4) is 0 Å². The molecule has 0 atom stereocenters. The van der Waals surface area contributed by atoms with Gasteiger partial charge in [-0.15, -0.1) is 0 Å². The molecular weight excluding hydrogens is 640 g/mol. The second-order valence-corrected chi connectivity index (χ2v) is 12.4. The molecular formula is C40H20N8O3. The molecule has 0 fully saturated rings. The van der Waals surface area contributed by atoms with Gasteiger partial charge >= 0.3 is 11.9 Å². The minimum absolute atomic E-state index is 0.220. The maximum absolute atomic E-state index is 12.6. The number of rotatable bonds is 1. The van der Waals surface area contributed by atoms with Crippen LogP contribution in [0.1, 0.15) is 20.7 Å². The lowest BCUT2D eigenvalue weighted by molar-refractivity contribution is 0.0443. The third kappa shape index (κ3) is 3.99. The van der Waals surface area contributed by atoms with E-state index < -0.39 is 11.9 Å². The number of carbonyl (C=O) groups excluding carboxylic acids is 2. The summed E-state index contributed by atoms with van der Waals surface area (Å²) < 4.78 is 4.88. The van der Waals surface area contributed by atoms with E-state index in [2.05, 4.69) is 9.97 Å². The molecule has 11 heteroatoms. The zero-order valence-corrected chi connectivity index (χ0v) is 26.3. The number of benzene rings is 5. The Hall–Kier alpha value is -7.40. The average molecular weight is 661 g/mol. The highest BCUT2D eigenvalue weighted by atomic mass is 16.6. The molecule has 3 aliphatic heterocycles. The molecule has 3 aliphatic rings. The number of aromatic amines is 2. The van der Waals surface area contributed by atoms with Gasteiger partial charge in [0.05, 0.1) is 11.1 Å². The maximum Gasteiger partial charge on any atom is 0.346 e. The number of hydrogen-bond acceptors (Lipinski definition) is 9. The Kier molecular flexibility index (Phi) is 5.43. The van der Waals surface area contributed by atoms with Crippen molar-refractivity contribution in [2.75, 3.05) is 0 Å². The zero-order chi connectivity index (χ0) is 33.8. The van der Waals surface area contributed by atoms with Gasteiger partial charge in [0, 0.05) is 43.8 Å². The van der Waals surface area contributed by atoms with Gasteiger partial charge in [-0.3, -0.25) is 0 Å². The molecule has 8 aromatic rings. The number of esters is 2. The highest BCUT2D eigenvalue weighted by molar-refractivity contribution is 6.17. The van der Waals surface area contributed by atoms with Crippen LogP contribution >= 0.6 is 0 Å². The molecule has 5 aromatic carbocycles. The average Bonchev–Trinajstić information content (AvgIpc) is 3.95.